The molecule has 0 saturated carbocycles. The van der Waals surface area contributed by atoms with Crippen LogP contribution in [-0.2, 0) is 34.3 Å². The number of carbonyl (C=O) groups excluding carboxylic acids is 3. The number of benzene rings is 4. The van der Waals surface area contributed by atoms with Gasteiger partial charge in [0, 0.05) is 11.8 Å². The highest BCUT2D eigenvalue weighted by Gasteiger charge is 2.38. The average molecular weight is 565 g/mol. The fourth-order valence-corrected chi connectivity index (χ4v) is 4.50. The number of hydrogen-bond donors (Lipinski definition) is 1. The number of hydrogen-bond acceptors (Lipinski definition) is 7. The lowest BCUT2D eigenvalue weighted by molar-refractivity contribution is -0.140. The normalized spacial score (nSPS) is 11.1. The van der Waals surface area contributed by atoms with Gasteiger partial charge in [0.1, 0.15) is 13.1 Å². The van der Waals surface area contributed by atoms with E-state index in [1.165, 1.54) is 20.3 Å². The minimum atomic E-state index is -1.10. The van der Waals surface area contributed by atoms with E-state index >= 15 is 0 Å². The Labute approximate surface area is 245 Å². The molecule has 0 unspecified atom stereocenters. The zero-order valence-corrected chi connectivity index (χ0v) is 23.4. The molecular formula is C34H32N2O6. The van der Waals surface area contributed by atoms with Gasteiger partial charge in [-0.3, -0.25) is 19.2 Å². The van der Waals surface area contributed by atoms with Crippen molar-refractivity contribution >= 4 is 29.6 Å². The molecule has 0 aliphatic rings. The molecule has 0 aliphatic carbocycles. The molecule has 1 amide bonds. The van der Waals surface area contributed by atoms with Crippen molar-refractivity contribution < 1.29 is 28.7 Å². The number of carbonyl (C=O) groups is 3. The van der Waals surface area contributed by atoms with E-state index in [4.69, 9.17) is 14.3 Å². The summed E-state index contributed by atoms with van der Waals surface area (Å²) in [7, 11) is 2.57. The van der Waals surface area contributed by atoms with Gasteiger partial charge in [-0.1, -0.05) is 103 Å². The molecule has 0 spiro atoms. The molecule has 0 saturated heterocycles. The lowest BCUT2D eigenvalue weighted by atomic mass is 9.80. The van der Waals surface area contributed by atoms with Crippen LogP contribution in [0.15, 0.2) is 121 Å². The van der Waals surface area contributed by atoms with Crippen LogP contribution in [0.4, 0.5) is 5.69 Å². The predicted octanol–water partition coefficient (Wildman–Crippen LogP) is 4.89. The molecule has 8 nitrogen and oxygen atoms in total. The Kier molecular flexibility index (Phi) is 10.2. The van der Waals surface area contributed by atoms with Crippen LogP contribution in [0.3, 0.4) is 0 Å². The Morgan fingerprint density at radius 1 is 0.667 bits per heavy atom. The quantitative estimate of drug-likeness (QED) is 0.113. The van der Waals surface area contributed by atoms with Gasteiger partial charge in [0.05, 0.1) is 14.2 Å². The molecule has 0 radical (unpaired) electrons. The summed E-state index contributed by atoms with van der Waals surface area (Å²) in [4.78, 5) is 44.5. The zero-order valence-electron chi connectivity index (χ0n) is 23.4. The Bertz CT molecular complexity index is 1380. The first kappa shape index (κ1) is 29.8. The summed E-state index contributed by atoms with van der Waals surface area (Å²) in [6.45, 7) is -0.237. The van der Waals surface area contributed by atoms with E-state index < -0.39 is 23.4 Å². The van der Waals surface area contributed by atoms with E-state index in [9.17, 15) is 14.4 Å². The van der Waals surface area contributed by atoms with Crippen LogP contribution in [0.5, 0.6) is 0 Å². The van der Waals surface area contributed by atoms with Gasteiger partial charge in [-0.05, 0) is 40.5 Å². The van der Waals surface area contributed by atoms with E-state index in [2.05, 4.69) is 5.48 Å². The van der Waals surface area contributed by atoms with Crippen molar-refractivity contribution in [1.29, 1.82) is 0 Å². The molecule has 4 rings (SSSR count). The molecule has 42 heavy (non-hydrogen) atoms. The first-order chi connectivity index (χ1) is 20.5. The molecule has 4 aromatic rings. The largest absolute Gasteiger partial charge is 0.468 e. The lowest BCUT2D eigenvalue weighted by Crippen LogP contribution is -2.40. The monoisotopic (exact) mass is 564 g/mol. The van der Waals surface area contributed by atoms with Gasteiger partial charge >= 0.3 is 11.9 Å². The number of anilines is 1. The van der Waals surface area contributed by atoms with Gasteiger partial charge in [0.15, 0.2) is 5.60 Å². The second-order valence-corrected chi connectivity index (χ2v) is 9.28. The van der Waals surface area contributed by atoms with Crippen molar-refractivity contribution in [1.82, 2.24) is 5.48 Å². The number of esters is 2. The summed E-state index contributed by atoms with van der Waals surface area (Å²) >= 11 is 0. The number of methoxy groups -OCH3 is 2. The second kappa shape index (κ2) is 14.4. The molecule has 0 fully saturated rings. The SMILES string of the molecule is COC(=O)CN(CC(=O)OC)c1ccc(C=CC(=O)NOC(c2ccccc2)(c2ccccc2)c2ccccc2)cc1. The minimum Gasteiger partial charge on any atom is -0.468 e. The molecule has 0 heterocycles. The highest BCUT2D eigenvalue weighted by Crippen LogP contribution is 2.39. The predicted molar refractivity (Wildman–Crippen MR) is 160 cm³/mol. The van der Waals surface area contributed by atoms with Crippen molar-refractivity contribution in [3.63, 3.8) is 0 Å². The lowest BCUT2D eigenvalue weighted by Gasteiger charge is -2.34. The molecule has 0 bridgehead atoms. The maximum atomic E-state index is 13.0. The first-order valence-corrected chi connectivity index (χ1v) is 13.3. The average Bonchev–Trinajstić information content (AvgIpc) is 3.05. The van der Waals surface area contributed by atoms with Crippen molar-refractivity contribution in [2.75, 3.05) is 32.2 Å². The van der Waals surface area contributed by atoms with Crippen molar-refractivity contribution in [3.05, 3.63) is 144 Å². The van der Waals surface area contributed by atoms with Crippen LogP contribution >= 0.6 is 0 Å². The standard InChI is InChI=1S/C34H32N2O6/c1-40-32(38)24-36(25-33(39)41-2)30-21-18-26(19-22-30)20-23-31(37)35-42-34(27-12-6-3-7-13-27,28-14-8-4-9-15-28)29-16-10-5-11-17-29/h3-23H,24-25H2,1-2H3,(H,35,37). The van der Waals surface area contributed by atoms with E-state index in [1.807, 2.05) is 91.0 Å². The topological polar surface area (TPSA) is 94.2 Å². The van der Waals surface area contributed by atoms with Gasteiger partial charge in [-0.25, -0.2) is 5.48 Å². The Morgan fingerprint density at radius 3 is 1.50 bits per heavy atom. The number of nitrogens with zero attached hydrogens (tertiary/aromatic N) is 1. The molecule has 1 N–H and O–H groups in total. The van der Waals surface area contributed by atoms with E-state index in [0.29, 0.717) is 5.69 Å². The van der Waals surface area contributed by atoms with Crippen LogP contribution in [0, 0.1) is 0 Å². The van der Waals surface area contributed by atoms with Crippen LogP contribution in [0.25, 0.3) is 6.08 Å². The summed E-state index contributed by atoms with van der Waals surface area (Å²) in [6.07, 6.45) is 3.02. The molecular weight excluding hydrogens is 532 g/mol. The van der Waals surface area contributed by atoms with E-state index in [0.717, 1.165) is 22.3 Å². The molecule has 8 heteroatoms. The molecule has 214 valence electrons. The van der Waals surface area contributed by atoms with E-state index in [-0.39, 0.29) is 13.1 Å². The smallest absolute Gasteiger partial charge is 0.325 e. The Balaban J connectivity index is 1.54. The van der Waals surface area contributed by atoms with Crippen LogP contribution in [0.2, 0.25) is 0 Å². The number of ether oxygens (including phenoxy) is 2. The summed E-state index contributed by atoms with van der Waals surface area (Å²) in [5.74, 6) is -1.43. The van der Waals surface area contributed by atoms with Crippen molar-refractivity contribution in [2.24, 2.45) is 0 Å². The van der Waals surface area contributed by atoms with Crippen LogP contribution in [-0.4, -0.2) is 45.2 Å². The molecule has 4 aromatic carbocycles. The molecule has 0 atom stereocenters. The van der Waals surface area contributed by atoms with Gasteiger partial charge in [-0.15, -0.1) is 0 Å². The third-order valence-electron chi connectivity index (χ3n) is 6.63. The third-order valence-corrected chi connectivity index (χ3v) is 6.63. The Morgan fingerprint density at radius 2 is 1.10 bits per heavy atom. The zero-order chi connectivity index (χ0) is 29.8. The van der Waals surface area contributed by atoms with Crippen LogP contribution in [0.1, 0.15) is 22.3 Å². The summed E-state index contributed by atoms with van der Waals surface area (Å²) in [5, 5.41) is 0. The fourth-order valence-electron chi connectivity index (χ4n) is 4.50. The molecule has 0 aromatic heterocycles. The Hall–Kier alpha value is -5.21. The summed E-state index contributed by atoms with van der Waals surface area (Å²) in [5.41, 5.74) is 5.44. The highest BCUT2D eigenvalue weighted by atomic mass is 16.7. The third kappa shape index (κ3) is 7.30. The number of nitrogens with one attached hydrogen (secondary N) is 1. The van der Waals surface area contributed by atoms with Crippen molar-refractivity contribution in [3.8, 4) is 0 Å². The van der Waals surface area contributed by atoms with Gasteiger partial charge in [0.25, 0.3) is 5.91 Å². The van der Waals surface area contributed by atoms with Gasteiger partial charge in [-0.2, -0.15) is 0 Å². The van der Waals surface area contributed by atoms with Gasteiger partial charge in [0.2, 0.25) is 0 Å². The fraction of sp³-hybridized carbons (Fsp3) is 0.147. The first-order valence-electron chi connectivity index (χ1n) is 13.3. The van der Waals surface area contributed by atoms with Crippen LogP contribution < -0.4 is 10.4 Å². The summed E-state index contributed by atoms with van der Waals surface area (Å²) in [6, 6.07) is 36.2. The number of hydroxylamine groups is 1. The highest BCUT2D eigenvalue weighted by molar-refractivity contribution is 5.91. The second-order valence-electron chi connectivity index (χ2n) is 9.28. The van der Waals surface area contributed by atoms with Crippen molar-refractivity contribution in [2.45, 2.75) is 5.60 Å². The maximum Gasteiger partial charge on any atom is 0.325 e. The minimum absolute atomic E-state index is 0.119. The maximum absolute atomic E-state index is 13.0. The van der Waals surface area contributed by atoms with E-state index in [1.54, 1.807) is 35.2 Å². The molecule has 0 aliphatic heterocycles. The number of amides is 1. The van der Waals surface area contributed by atoms with Gasteiger partial charge < -0.3 is 14.4 Å². The number of rotatable bonds is 12. The summed E-state index contributed by atoms with van der Waals surface area (Å²) < 4.78 is 9.47.